The third-order valence-corrected chi connectivity index (χ3v) is 4.92. The highest BCUT2D eigenvalue weighted by atomic mass is 32.2. The van der Waals surface area contributed by atoms with Gasteiger partial charge in [-0.1, -0.05) is 18.7 Å². The van der Waals surface area contributed by atoms with E-state index >= 15 is 0 Å². The van der Waals surface area contributed by atoms with Crippen molar-refractivity contribution in [2.45, 2.75) is 37.7 Å². The molecule has 2 amide bonds. The molecule has 0 aliphatic carbocycles. The number of aliphatic hydroxyl groups excluding tert-OH is 1. The summed E-state index contributed by atoms with van der Waals surface area (Å²) in [5.74, 6) is -1.11. The van der Waals surface area contributed by atoms with Gasteiger partial charge in [0.05, 0.1) is 18.1 Å². The molecule has 2 rings (SSSR count). The van der Waals surface area contributed by atoms with Crippen molar-refractivity contribution in [1.29, 1.82) is 0 Å². The molecule has 2 aliphatic heterocycles. The van der Waals surface area contributed by atoms with Gasteiger partial charge < -0.3 is 15.7 Å². The first kappa shape index (κ1) is 14.3. The largest absolute Gasteiger partial charge is 0.393 e. The maximum atomic E-state index is 12.1. The van der Waals surface area contributed by atoms with Gasteiger partial charge in [0.25, 0.3) is 0 Å². The molecule has 6 nitrogen and oxygen atoms in total. The van der Waals surface area contributed by atoms with Crippen LogP contribution in [0.4, 0.5) is 0 Å². The van der Waals surface area contributed by atoms with Crippen molar-refractivity contribution < 1.29 is 19.5 Å². The molecule has 0 aromatic rings. The molecule has 106 valence electrons. The lowest BCUT2D eigenvalue weighted by atomic mass is 9.79. The number of nitrogens with one attached hydrogen (secondary N) is 2. The van der Waals surface area contributed by atoms with Gasteiger partial charge in [-0.3, -0.25) is 14.4 Å². The van der Waals surface area contributed by atoms with Gasteiger partial charge in [0.2, 0.25) is 11.8 Å². The summed E-state index contributed by atoms with van der Waals surface area (Å²) in [6.07, 6.45) is -0.395. The van der Waals surface area contributed by atoms with Gasteiger partial charge in [-0.25, -0.2) is 0 Å². The minimum absolute atomic E-state index is 0.0248. The Labute approximate surface area is 115 Å². The molecule has 0 aromatic carbocycles. The number of β-lactam (4-membered cyclic amide) rings is 1. The van der Waals surface area contributed by atoms with Gasteiger partial charge in [0.1, 0.15) is 0 Å². The van der Waals surface area contributed by atoms with Gasteiger partial charge in [0.15, 0.2) is 5.12 Å². The van der Waals surface area contributed by atoms with Gasteiger partial charge in [-0.15, -0.1) is 0 Å². The Morgan fingerprint density at radius 3 is 2.58 bits per heavy atom. The lowest BCUT2D eigenvalue weighted by Gasteiger charge is -2.41. The summed E-state index contributed by atoms with van der Waals surface area (Å²) in [7, 11) is 0. The molecule has 0 bridgehead atoms. The number of hydrogen-bond acceptors (Lipinski definition) is 5. The molecule has 2 heterocycles. The summed E-state index contributed by atoms with van der Waals surface area (Å²) in [6, 6.07) is -0.308. The molecule has 0 saturated carbocycles. The predicted molar refractivity (Wildman–Crippen MR) is 70.3 cm³/mol. The zero-order chi connectivity index (χ0) is 14.2. The van der Waals surface area contributed by atoms with Crippen molar-refractivity contribution in [3.05, 3.63) is 0 Å². The van der Waals surface area contributed by atoms with Crippen LogP contribution >= 0.6 is 11.8 Å². The van der Waals surface area contributed by atoms with Crippen molar-refractivity contribution in [1.82, 2.24) is 10.6 Å². The maximum absolute atomic E-state index is 12.1. The number of aliphatic hydroxyl groups is 1. The highest BCUT2D eigenvalue weighted by Gasteiger charge is 2.47. The molecule has 7 heteroatoms. The maximum Gasteiger partial charge on any atom is 0.228 e. The molecule has 0 spiro atoms. The Kier molecular flexibility index (Phi) is 4.15. The van der Waals surface area contributed by atoms with E-state index in [0.717, 1.165) is 11.8 Å². The highest BCUT2D eigenvalue weighted by molar-refractivity contribution is 8.14. The molecule has 19 heavy (non-hydrogen) atoms. The van der Waals surface area contributed by atoms with E-state index in [2.05, 4.69) is 10.6 Å². The molecule has 0 radical (unpaired) electrons. The van der Waals surface area contributed by atoms with E-state index in [1.807, 2.05) is 0 Å². The summed E-state index contributed by atoms with van der Waals surface area (Å²) in [5, 5.41) is 14.8. The average molecular weight is 286 g/mol. The van der Waals surface area contributed by atoms with Gasteiger partial charge >= 0.3 is 0 Å². The fourth-order valence-corrected chi connectivity index (χ4v) is 3.54. The van der Waals surface area contributed by atoms with Crippen molar-refractivity contribution in [2.75, 3.05) is 6.54 Å². The normalized spacial score (nSPS) is 33.1. The number of amides is 2. The van der Waals surface area contributed by atoms with Gasteiger partial charge in [0, 0.05) is 24.1 Å². The van der Waals surface area contributed by atoms with Crippen molar-refractivity contribution in [2.24, 2.45) is 11.8 Å². The molecular formula is C12H18N2O4S. The Balaban J connectivity index is 1.89. The zero-order valence-electron chi connectivity index (χ0n) is 10.9. The van der Waals surface area contributed by atoms with E-state index in [-0.39, 0.29) is 34.1 Å². The number of carbonyl (C=O) groups excluding carboxylic acids is 3. The summed E-state index contributed by atoms with van der Waals surface area (Å²) in [5.41, 5.74) is 0. The first-order chi connectivity index (χ1) is 8.90. The number of rotatable bonds is 4. The molecule has 2 fully saturated rings. The van der Waals surface area contributed by atoms with E-state index in [0.29, 0.717) is 13.0 Å². The molecule has 2 aliphatic rings. The molecule has 3 N–H and O–H groups in total. The van der Waals surface area contributed by atoms with Crippen LogP contribution in [0.2, 0.25) is 0 Å². The molecule has 5 atom stereocenters. The topological polar surface area (TPSA) is 95.5 Å². The Bertz CT molecular complexity index is 413. The highest BCUT2D eigenvalue weighted by Crippen LogP contribution is 2.30. The minimum Gasteiger partial charge on any atom is -0.393 e. The summed E-state index contributed by atoms with van der Waals surface area (Å²) >= 11 is 1.16. The van der Waals surface area contributed by atoms with Crippen LogP contribution < -0.4 is 10.6 Å². The second-order valence-corrected chi connectivity index (χ2v) is 6.46. The summed E-state index contributed by atoms with van der Waals surface area (Å²) < 4.78 is 0. The Morgan fingerprint density at radius 1 is 1.42 bits per heavy atom. The van der Waals surface area contributed by atoms with Crippen LogP contribution in [0, 0.1) is 11.8 Å². The van der Waals surface area contributed by atoms with E-state index < -0.39 is 12.0 Å². The number of carbonyl (C=O) groups is 3. The van der Waals surface area contributed by atoms with Crippen molar-refractivity contribution in [3.63, 3.8) is 0 Å². The van der Waals surface area contributed by atoms with Crippen LogP contribution in [0.1, 0.15) is 20.3 Å². The number of thioether (sulfide) groups is 1. The zero-order valence-corrected chi connectivity index (χ0v) is 11.7. The lowest BCUT2D eigenvalue weighted by Crippen LogP contribution is -2.65. The van der Waals surface area contributed by atoms with Crippen LogP contribution in [-0.4, -0.2) is 46.0 Å². The molecular weight excluding hydrogens is 268 g/mol. The Hall–Kier alpha value is -1.08. The third kappa shape index (κ3) is 2.92. The lowest BCUT2D eigenvalue weighted by molar-refractivity contribution is -0.143. The summed E-state index contributed by atoms with van der Waals surface area (Å²) in [6.45, 7) is 3.82. The fourth-order valence-electron chi connectivity index (χ4n) is 2.45. The second kappa shape index (κ2) is 5.50. The minimum atomic E-state index is -0.756. The monoisotopic (exact) mass is 286 g/mol. The summed E-state index contributed by atoms with van der Waals surface area (Å²) in [4.78, 5) is 34.5. The van der Waals surface area contributed by atoms with Gasteiger partial charge in [-0.05, 0) is 6.92 Å². The van der Waals surface area contributed by atoms with E-state index in [9.17, 15) is 19.5 Å². The fraction of sp³-hybridized carbons (Fsp3) is 0.750. The average Bonchev–Trinajstić information content (AvgIpc) is 2.69. The quantitative estimate of drug-likeness (QED) is 0.592. The van der Waals surface area contributed by atoms with Crippen LogP contribution in [0.5, 0.6) is 0 Å². The van der Waals surface area contributed by atoms with Crippen LogP contribution in [0.25, 0.3) is 0 Å². The Morgan fingerprint density at radius 2 is 2.11 bits per heavy atom. The molecule has 0 unspecified atom stereocenters. The van der Waals surface area contributed by atoms with E-state index in [1.165, 1.54) is 0 Å². The van der Waals surface area contributed by atoms with E-state index in [4.69, 9.17) is 0 Å². The first-order valence-electron chi connectivity index (χ1n) is 6.35. The molecule has 0 aromatic heterocycles. The van der Waals surface area contributed by atoms with Crippen molar-refractivity contribution in [3.8, 4) is 0 Å². The smallest absolute Gasteiger partial charge is 0.228 e. The van der Waals surface area contributed by atoms with E-state index in [1.54, 1.807) is 13.8 Å². The molecule has 2 saturated heterocycles. The first-order valence-corrected chi connectivity index (χ1v) is 7.23. The second-order valence-electron chi connectivity index (χ2n) is 5.16. The third-order valence-electron chi connectivity index (χ3n) is 3.65. The van der Waals surface area contributed by atoms with Crippen LogP contribution in [0.15, 0.2) is 0 Å². The van der Waals surface area contributed by atoms with Gasteiger partial charge in [-0.2, -0.15) is 0 Å². The SMILES string of the molecule is C[C@@H](O)[C@H]1C(=O)N[C@@H]1[C@@H](C)C(=O)S[C@H]1CNC(=O)C1. The standard InChI is InChI=1S/C12H18N2O4S/c1-5(10-9(6(2)15)11(17)14-10)12(18)19-7-3-8(16)13-4-7/h5-7,9-10,15H,3-4H2,1-2H3,(H,13,16)(H,14,17)/t5-,6-,7-,9-,10-/m1/s1. The van der Waals surface area contributed by atoms with Crippen LogP contribution in [0.3, 0.4) is 0 Å². The van der Waals surface area contributed by atoms with Crippen molar-refractivity contribution >= 4 is 28.7 Å². The van der Waals surface area contributed by atoms with Crippen LogP contribution in [-0.2, 0) is 14.4 Å². The number of hydrogen-bond donors (Lipinski definition) is 3. The predicted octanol–water partition coefficient (Wildman–Crippen LogP) is -0.734.